The molecule has 1 unspecified atom stereocenters. The Morgan fingerprint density at radius 2 is 2.18 bits per heavy atom. The summed E-state index contributed by atoms with van der Waals surface area (Å²) < 4.78 is 32.6. The molecule has 0 spiro atoms. The molecule has 100 valence electrons. The number of rotatable bonds is 5. The monoisotopic (exact) mass is 266 g/mol. The van der Waals surface area contributed by atoms with Crippen LogP contribution in [0, 0.1) is 0 Å². The molecule has 0 amide bonds. The van der Waals surface area contributed by atoms with E-state index in [0.29, 0.717) is 32.7 Å². The van der Waals surface area contributed by atoms with Gasteiger partial charge < -0.3 is 15.7 Å². The topological polar surface area (TPSA) is 117 Å². The number of nitrogens with one attached hydrogen (secondary N) is 1. The molecule has 1 fully saturated rings. The first-order valence-corrected chi connectivity index (χ1v) is 6.77. The van der Waals surface area contributed by atoms with E-state index in [0.717, 1.165) is 0 Å². The number of morpholine rings is 1. The van der Waals surface area contributed by atoms with Crippen LogP contribution in [0.4, 0.5) is 0 Å². The van der Waals surface area contributed by atoms with E-state index in [2.05, 4.69) is 9.88 Å². The molecule has 8 nitrogen and oxygen atoms in total. The Morgan fingerprint density at radius 3 is 2.65 bits per heavy atom. The molecule has 9 heteroatoms. The molecule has 1 aliphatic heterocycles. The molecule has 1 atom stereocenters. The molecule has 1 saturated heterocycles. The van der Waals surface area contributed by atoms with Crippen LogP contribution in [0.2, 0.25) is 0 Å². The van der Waals surface area contributed by atoms with Crippen LogP contribution in [0.15, 0.2) is 5.16 Å². The van der Waals surface area contributed by atoms with Crippen molar-refractivity contribution in [2.75, 3.05) is 26.3 Å². The first-order valence-electron chi connectivity index (χ1n) is 5.33. The summed E-state index contributed by atoms with van der Waals surface area (Å²) in [6.45, 7) is 3.11. The van der Waals surface area contributed by atoms with Crippen LogP contribution < -0.4 is 10.5 Å². The van der Waals surface area contributed by atoms with E-state index < -0.39 is 16.3 Å². The Bertz CT molecular complexity index is 364. The van der Waals surface area contributed by atoms with Crippen LogP contribution in [0.5, 0.6) is 0 Å². The lowest BCUT2D eigenvalue weighted by atomic mass is 10.2. The van der Waals surface area contributed by atoms with Crippen molar-refractivity contribution in [2.45, 2.75) is 19.4 Å². The Hall–Kier alpha value is -0.900. The molecule has 0 radical (unpaired) electrons. The van der Waals surface area contributed by atoms with Crippen LogP contribution in [0.3, 0.4) is 0 Å². The van der Waals surface area contributed by atoms with Crippen molar-refractivity contribution in [3.8, 4) is 0 Å². The lowest BCUT2D eigenvalue weighted by Gasteiger charge is -2.28. The van der Waals surface area contributed by atoms with Gasteiger partial charge in [-0.05, 0) is 6.42 Å². The Balaban J connectivity index is 2.70. The highest BCUT2D eigenvalue weighted by Crippen LogP contribution is 2.05. The van der Waals surface area contributed by atoms with Gasteiger partial charge in [0.25, 0.3) is 10.2 Å². The smallest absolute Gasteiger partial charge is 0.280 e. The molecule has 1 rings (SSSR count). The van der Waals surface area contributed by atoms with Crippen LogP contribution in [-0.2, 0) is 14.9 Å². The van der Waals surface area contributed by atoms with E-state index in [1.54, 1.807) is 6.92 Å². The highest BCUT2D eigenvalue weighted by atomic mass is 32.2. The van der Waals surface area contributed by atoms with E-state index in [1.807, 2.05) is 0 Å². The second-order valence-corrected chi connectivity index (χ2v) is 5.32. The van der Waals surface area contributed by atoms with Gasteiger partial charge in [-0.1, -0.05) is 12.1 Å². The normalized spacial score (nSPS) is 21.4. The minimum atomic E-state index is -3.62. The number of amidine groups is 1. The van der Waals surface area contributed by atoms with Crippen molar-refractivity contribution < 1.29 is 18.4 Å². The molecule has 1 heterocycles. The van der Waals surface area contributed by atoms with Crippen molar-refractivity contribution in [3.63, 3.8) is 0 Å². The van der Waals surface area contributed by atoms with E-state index in [4.69, 9.17) is 15.7 Å². The van der Waals surface area contributed by atoms with Gasteiger partial charge in [0, 0.05) is 13.1 Å². The molecular weight excluding hydrogens is 248 g/mol. The molecule has 0 saturated carbocycles. The third-order valence-electron chi connectivity index (χ3n) is 2.48. The maximum absolute atomic E-state index is 11.9. The lowest BCUT2D eigenvalue weighted by molar-refractivity contribution is 0.0724. The minimum Gasteiger partial charge on any atom is -0.409 e. The predicted octanol–water partition coefficient (Wildman–Crippen LogP) is -1.32. The van der Waals surface area contributed by atoms with Gasteiger partial charge in [0.1, 0.15) is 0 Å². The largest absolute Gasteiger partial charge is 0.409 e. The number of hydrogen-bond acceptors (Lipinski definition) is 5. The summed E-state index contributed by atoms with van der Waals surface area (Å²) in [5.41, 5.74) is 5.39. The van der Waals surface area contributed by atoms with Gasteiger partial charge in [-0.15, -0.1) is 0 Å². The number of oxime groups is 1. The van der Waals surface area contributed by atoms with Gasteiger partial charge >= 0.3 is 0 Å². The van der Waals surface area contributed by atoms with Gasteiger partial charge in [-0.3, -0.25) is 0 Å². The van der Waals surface area contributed by atoms with Gasteiger partial charge in [-0.25, -0.2) is 0 Å². The fraction of sp³-hybridized carbons (Fsp3) is 0.875. The molecule has 0 aliphatic carbocycles. The highest BCUT2D eigenvalue weighted by Gasteiger charge is 2.27. The standard InChI is InChI=1S/C8H18N4O4S/c1-2-7(8(9)10-13)11-17(14,15)12-3-5-16-6-4-12/h7,11,13H,2-6H2,1H3,(H2,9,10). The van der Waals surface area contributed by atoms with Gasteiger partial charge in [-0.2, -0.15) is 17.4 Å². The number of ether oxygens (including phenoxy) is 1. The molecular formula is C8H18N4O4S. The Labute approximate surface area is 101 Å². The maximum atomic E-state index is 11.9. The molecule has 0 aromatic heterocycles. The Morgan fingerprint density at radius 1 is 1.59 bits per heavy atom. The summed E-state index contributed by atoms with van der Waals surface area (Å²) in [7, 11) is -3.62. The maximum Gasteiger partial charge on any atom is 0.280 e. The molecule has 17 heavy (non-hydrogen) atoms. The fourth-order valence-corrected chi connectivity index (χ4v) is 2.89. The molecule has 4 N–H and O–H groups in total. The van der Waals surface area contributed by atoms with Crippen molar-refractivity contribution in [1.29, 1.82) is 0 Å². The van der Waals surface area contributed by atoms with E-state index in [1.165, 1.54) is 4.31 Å². The minimum absolute atomic E-state index is 0.149. The number of hydrogen-bond donors (Lipinski definition) is 3. The highest BCUT2D eigenvalue weighted by molar-refractivity contribution is 7.87. The Kier molecular flexibility index (Phi) is 5.12. The van der Waals surface area contributed by atoms with E-state index in [9.17, 15) is 8.42 Å². The first kappa shape index (κ1) is 14.2. The second kappa shape index (κ2) is 6.15. The van der Waals surface area contributed by atoms with Gasteiger partial charge in [0.2, 0.25) is 0 Å². The number of nitrogens with two attached hydrogens (primary N) is 1. The summed E-state index contributed by atoms with van der Waals surface area (Å²) in [6, 6.07) is -0.701. The zero-order valence-electron chi connectivity index (χ0n) is 9.66. The van der Waals surface area contributed by atoms with E-state index in [-0.39, 0.29) is 5.84 Å². The van der Waals surface area contributed by atoms with Crippen LogP contribution in [0.1, 0.15) is 13.3 Å². The SMILES string of the molecule is CCC(NS(=O)(=O)N1CCOCC1)/C(N)=N/O. The van der Waals surface area contributed by atoms with Crippen molar-refractivity contribution in [3.05, 3.63) is 0 Å². The average Bonchev–Trinajstić information content (AvgIpc) is 2.36. The third-order valence-corrected chi connectivity index (χ3v) is 4.11. The van der Waals surface area contributed by atoms with Crippen molar-refractivity contribution >= 4 is 16.0 Å². The lowest BCUT2D eigenvalue weighted by Crippen LogP contribution is -2.52. The number of nitrogens with zero attached hydrogens (tertiary/aromatic N) is 2. The fourth-order valence-electron chi connectivity index (χ4n) is 1.46. The average molecular weight is 266 g/mol. The summed E-state index contributed by atoms with van der Waals surface area (Å²) in [4.78, 5) is 0. The third kappa shape index (κ3) is 3.80. The van der Waals surface area contributed by atoms with Crippen molar-refractivity contribution in [1.82, 2.24) is 9.03 Å². The van der Waals surface area contributed by atoms with Crippen molar-refractivity contribution in [2.24, 2.45) is 10.9 Å². The summed E-state index contributed by atoms with van der Waals surface area (Å²) >= 11 is 0. The molecule has 1 aliphatic rings. The van der Waals surface area contributed by atoms with Gasteiger partial charge in [0.15, 0.2) is 5.84 Å². The summed E-state index contributed by atoms with van der Waals surface area (Å²) in [6.07, 6.45) is 0.402. The summed E-state index contributed by atoms with van der Waals surface area (Å²) in [5.74, 6) is -0.149. The quantitative estimate of drug-likeness (QED) is 0.247. The van der Waals surface area contributed by atoms with E-state index >= 15 is 0 Å². The molecule has 0 aromatic rings. The van der Waals surface area contributed by atoms with Crippen LogP contribution in [-0.4, -0.2) is 56.1 Å². The zero-order valence-corrected chi connectivity index (χ0v) is 10.5. The summed E-state index contributed by atoms with van der Waals surface area (Å²) in [5, 5.41) is 11.4. The predicted molar refractivity (Wildman–Crippen MR) is 61.9 cm³/mol. The zero-order chi connectivity index (χ0) is 12.9. The van der Waals surface area contributed by atoms with Crippen LogP contribution >= 0.6 is 0 Å². The first-order chi connectivity index (χ1) is 8.01. The second-order valence-electron chi connectivity index (χ2n) is 3.62. The van der Waals surface area contributed by atoms with Gasteiger partial charge in [0.05, 0.1) is 19.3 Å². The molecule has 0 bridgehead atoms. The molecule has 0 aromatic carbocycles. The van der Waals surface area contributed by atoms with Crippen LogP contribution in [0.25, 0.3) is 0 Å².